The highest BCUT2D eigenvalue weighted by molar-refractivity contribution is 5.85. The Bertz CT molecular complexity index is 181. The minimum atomic E-state index is 0. The summed E-state index contributed by atoms with van der Waals surface area (Å²) in [5.74, 6) is 0. The third-order valence-corrected chi connectivity index (χ3v) is 1.32. The first kappa shape index (κ1) is 14.2. The third-order valence-electron chi connectivity index (χ3n) is 1.32. The predicted octanol–water partition coefficient (Wildman–Crippen LogP) is 1.21. The zero-order chi connectivity index (χ0) is 7.23. The van der Waals surface area contributed by atoms with E-state index in [1.807, 2.05) is 6.07 Å². The zero-order valence-electron chi connectivity index (χ0n) is 6.64. The summed E-state index contributed by atoms with van der Waals surface area (Å²) in [4.78, 5) is 0. The Balaban J connectivity index is 0. The van der Waals surface area contributed by atoms with Crippen molar-refractivity contribution in [3.8, 4) is 0 Å². The van der Waals surface area contributed by atoms with Gasteiger partial charge in [-0.1, -0.05) is 0 Å². The normalized spacial score (nSPS) is 8.08. The van der Waals surface area contributed by atoms with E-state index >= 15 is 0 Å². The molecule has 0 fully saturated rings. The van der Waals surface area contributed by atoms with Crippen LogP contribution < -0.4 is 5.73 Å². The number of aromatic nitrogens is 2. The summed E-state index contributed by atoms with van der Waals surface area (Å²) >= 11 is 0. The van der Waals surface area contributed by atoms with Gasteiger partial charge in [-0.15, -0.1) is 24.8 Å². The van der Waals surface area contributed by atoms with Crippen molar-refractivity contribution < 1.29 is 0 Å². The molecule has 0 amide bonds. The molecule has 2 N–H and O–H groups in total. The van der Waals surface area contributed by atoms with Gasteiger partial charge in [-0.05, 0) is 31.0 Å². The van der Waals surface area contributed by atoms with Crippen LogP contribution in [0, 0.1) is 0 Å². The lowest BCUT2D eigenvalue weighted by atomic mass is 10.2. The van der Waals surface area contributed by atoms with E-state index in [0.29, 0.717) is 0 Å². The third kappa shape index (κ3) is 5.29. The Morgan fingerprint density at radius 2 is 2.00 bits per heavy atom. The Morgan fingerprint density at radius 1 is 1.25 bits per heavy atom. The fourth-order valence-corrected chi connectivity index (χ4v) is 0.772. The molecular weight excluding hydrogens is 197 g/mol. The van der Waals surface area contributed by atoms with Crippen LogP contribution in [0.5, 0.6) is 0 Å². The van der Waals surface area contributed by atoms with Crippen molar-refractivity contribution in [2.75, 3.05) is 6.54 Å². The van der Waals surface area contributed by atoms with Crippen LogP contribution in [0.4, 0.5) is 0 Å². The molecular formula is C7H13Cl2N3. The van der Waals surface area contributed by atoms with Crippen molar-refractivity contribution in [3.63, 3.8) is 0 Å². The molecule has 0 saturated heterocycles. The summed E-state index contributed by atoms with van der Waals surface area (Å²) < 4.78 is 0. The molecule has 0 radical (unpaired) electrons. The van der Waals surface area contributed by atoms with E-state index in [1.54, 1.807) is 12.4 Å². The summed E-state index contributed by atoms with van der Waals surface area (Å²) in [6.45, 7) is 0.738. The lowest BCUT2D eigenvalue weighted by molar-refractivity contribution is 0.821. The summed E-state index contributed by atoms with van der Waals surface area (Å²) in [6, 6.07) is 1.96. The largest absolute Gasteiger partial charge is 0.330 e. The molecule has 70 valence electrons. The first-order valence-electron chi connectivity index (χ1n) is 3.39. The molecule has 0 unspecified atom stereocenters. The standard InChI is InChI=1S/C7H11N3.2ClH/c8-4-1-2-7-3-5-9-10-6-7;;/h3,5-6H,1-2,4,8H2;2*1H. The van der Waals surface area contributed by atoms with Gasteiger partial charge in [0.15, 0.2) is 0 Å². The topological polar surface area (TPSA) is 51.8 Å². The second kappa shape index (κ2) is 8.71. The minimum absolute atomic E-state index is 0. The molecule has 1 aromatic heterocycles. The molecule has 0 spiro atoms. The Labute approximate surface area is 84.6 Å². The number of hydrogen-bond donors (Lipinski definition) is 1. The van der Waals surface area contributed by atoms with E-state index in [1.165, 1.54) is 5.56 Å². The molecule has 0 aliphatic heterocycles. The summed E-state index contributed by atoms with van der Waals surface area (Å²) in [5, 5.41) is 7.42. The monoisotopic (exact) mass is 209 g/mol. The summed E-state index contributed by atoms with van der Waals surface area (Å²) in [6.07, 6.45) is 5.50. The van der Waals surface area contributed by atoms with Crippen LogP contribution in [0.15, 0.2) is 18.5 Å². The molecule has 12 heavy (non-hydrogen) atoms. The van der Waals surface area contributed by atoms with Crippen LogP contribution in [0.25, 0.3) is 0 Å². The van der Waals surface area contributed by atoms with Crippen molar-refractivity contribution in [2.45, 2.75) is 12.8 Å². The van der Waals surface area contributed by atoms with Gasteiger partial charge < -0.3 is 5.73 Å². The molecule has 1 heterocycles. The molecule has 3 nitrogen and oxygen atoms in total. The quantitative estimate of drug-likeness (QED) is 0.815. The van der Waals surface area contributed by atoms with E-state index < -0.39 is 0 Å². The highest BCUT2D eigenvalue weighted by Crippen LogP contribution is 1.96. The average molecular weight is 210 g/mol. The lowest BCUT2D eigenvalue weighted by Crippen LogP contribution is -2.00. The maximum absolute atomic E-state index is 5.34. The zero-order valence-corrected chi connectivity index (χ0v) is 8.27. The molecule has 0 aliphatic rings. The smallest absolute Gasteiger partial charge is 0.0528 e. The van der Waals surface area contributed by atoms with Crippen LogP contribution in [0.3, 0.4) is 0 Å². The Morgan fingerprint density at radius 3 is 2.50 bits per heavy atom. The van der Waals surface area contributed by atoms with E-state index in [4.69, 9.17) is 5.73 Å². The van der Waals surface area contributed by atoms with Crippen molar-refractivity contribution in [1.29, 1.82) is 0 Å². The van der Waals surface area contributed by atoms with Gasteiger partial charge in [0.25, 0.3) is 0 Å². The molecule has 1 aromatic rings. The van der Waals surface area contributed by atoms with Crippen molar-refractivity contribution in [1.82, 2.24) is 10.2 Å². The fourth-order valence-electron chi connectivity index (χ4n) is 0.772. The summed E-state index contributed by atoms with van der Waals surface area (Å²) in [7, 11) is 0. The predicted molar refractivity (Wildman–Crippen MR) is 53.9 cm³/mol. The van der Waals surface area contributed by atoms with Gasteiger partial charge in [-0.25, -0.2) is 0 Å². The fraction of sp³-hybridized carbons (Fsp3) is 0.429. The molecule has 0 atom stereocenters. The van der Waals surface area contributed by atoms with E-state index in [0.717, 1.165) is 19.4 Å². The lowest BCUT2D eigenvalue weighted by Gasteiger charge is -1.95. The van der Waals surface area contributed by atoms with Crippen LogP contribution in [-0.4, -0.2) is 16.7 Å². The first-order chi connectivity index (χ1) is 4.93. The van der Waals surface area contributed by atoms with Crippen LogP contribution in [0.2, 0.25) is 0 Å². The number of rotatable bonds is 3. The molecule has 0 bridgehead atoms. The maximum atomic E-state index is 5.34. The SMILES string of the molecule is Cl.Cl.NCCCc1ccnnc1. The van der Waals surface area contributed by atoms with Gasteiger partial charge in [0, 0.05) is 6.20 Å². The number of hydrogen-bond acceptors (Lipinski definition) is 3. The van der Waals surface area contributed by atoms with Gasteiger partial charge in [0.05, 0.1) is 6.20 Å². The maximum Gasteiger partial charge on any atom is 0.0528 e. The van der Waals surface area contributed by atoms with Gasteiger partial charge in [-0.3, -0.25) is 0 Å². The molecule has 0 saturated carbocycles. The number of halogens is 2. The number of nitrogens with two attached hydrogens (primary N) is 1. The molecule has 5 heteroatoms. The summed E-state index contributed by atoms with van der Waals surface area (Å²) in [5.41, 5.74) is 6.55. The van der Waals surface area contributed by atoms with Gasteiger partial charge in [-0.2, -0.15) is 10.2 Å². The van der Waals surface area contributed by atoms with Crippen molar-refractivity contribution in [2.24, 2.45) is 5.73 Å². The molecule has 1 rings (SSSR count). The molecule has 0 aliphatic carbocycles. The second-order valence-corrected chi connectivity index (χ2v) is 2.14. The van der Waals surface area contributed by atoms with E-state index in [9.17, 15) is 0 Å². The van der Waals surface area contributed by atoms with E-state index in [2.05, 4.69) is 10.2 Å². The number of nitrogens with zero attached hydrogens (tertiary/aromatic N) is 2. The van der Waals surface area contributed by atoms with Gasteiger partial charge >= 0.3 is 0 Å². The Kier molecular flexibility index (Phi) is 10.3. The number of aryl methyl sites for hydroxylation is 1. The average Bonchev–Trinajstić information content (AvgIpc) is 2.03. The van der Waals surface area contributed by atoms with Crippen LogP contribution >= 0.6 is 24.8 Å². The molecule has 0 aromatic carbocycles. The van der Waals surface area contributed by atoms with E-state index in [-0.39, 0.29) is 24.8 Å². The van der Waals surface area contributed by atoms with Gasteiger partial charge in [0.2, 0.25) is 0 Å². The Hall–Kier alpha value is -0.380. The van der Waals surface area contributed by atoms with Crippen LogP contribution in [0.1, 0.15) is 12.0 Å². The van der Waals surface area contributed by atoms with Crippen LogP contribution in [-0.2, 0) is 6.42 Å². The first-order valence-corrected chi connectivity index (χ1v) is 3.39. The van der Waals surface area contributed by atoms with Crippen molar-refractivity contribution >= 4 is 24.8 Å². The highest BCUT2D eigenvalue weighted by atomic mass is 35.5. The van der Waals surface area contributed by atoms with Gasteiger partial charge in [0.1, 0.15) is 0 Å². The minimum Gasteiger partial charge on any atom is -0.330 e. The van der Waals surface area contributed by atoms with Crippen molar-refractivity contribution in [3.05, 3.63) is 24.0 Å². The highest BCUT2D eigenvalue weighted by Gasteiger charge is 1.89. The second-order valence-electron chi connectivity index (χ2n) is 2.14.